The van der Waals surface area contributed by atoms with Crippen molar-refractivity contribution in [2.45, 2.75) is 46.1 Å². The number of anilines is 2. The molecule has 1 atom stereocenters. The summed E-state index contributed by atoms with van der Waals surface area (Å²) in [6.07, 6.45) is 3.30. The first-order valence-corrected chi connectivity index (χ1v) is 6.77. The van der Waals surface area contributed by atoms with Crippen LogP contribution in [0.25, 0.3) is 0 Å². The fourth-order valence-corrected chi connectivity index (χ4v) is 2.63. The molecule has 1 aromatic rings. The zero-order valence-corrected chi connectivity index (χ0v) is 11.5. The zero-order chi connectivity index (χ0) is 13.1. The number of hydrogen-bond donors (Lipinski definition) is 2. The normalized spacial score (nSPS) is 19.6. The lowest BCUT2D eigenvalue weighted by Crippen LogP contribution is -2.34. The summed E-state index contributed by atoms with van der Waals surface area (Å²) < 4.78 is 0. The third-order valence-electron chi connectivity index (χ3n) is 3.59. The Bertz CT molecular complexity index is 382. The number of nitrogens with one attached hydrogen (secondary N) is 1. The Kier molecular flexibility index (Phi) is 4.01. The SMILES string of the molecule is CCc1nc(NN)cc(N2CCCC2C(C)C)n1. The minimum atomic E-state index is 0.579. The van der Waals surface area contributed by atoms with Crippen LogP contribution < -0.4 is 16.2 Å². The summed E-state index contributed by atoms with van der Waals surface area (Å²) in [5.74, 6) is 8.67. The lowest BCUT2D eigenvalue weighted by molar-refractivity contribution is 0.489. The van der Waals surface area contributed by atoms with Crippen molar-refractivity contribution >= 4 is 11.6 Å². The molecule has 1 saturated heterocycles. The van der Waals surface area contributed by atoms with Crippen LogP contribution in [0.3, 0.4) is 0 Å². The molecule has 18 heavy (non-hydrogen) atoms. The number of nitrogens with zero attached hydrogens (tertiary/aromatic N) is 3. The van der Waals surface area contributed by atoms with Gasteiger partial charge in [0.25, 0.3) is 0 Å². The van der Waals surface area contributed by atoms with Crippen molar-refractivity contribution in [1.29, 1.82) is 0 Å². The van der Waals surface area contributed by atoms with E-state index in [2.05, 4.69) is 41.1 Å². The first kappa shape index (κ1) is 13.1. The fraction of sp³-hybridized carbons (Fsp3) is 0.692. The molecule has 3 N–H and O–H groups in total. The molecule has 0 aromatic carbocycles. The number of aryl methyl sites for hydroxylation is 1. The minimum Gasteiger partial charge on any atom is -0.353 e. The molecule has 0 radical (unpaired) electrons. The van der Waals surface area contributed by atoms with Crippen molar-refractivity contribution < 1.29 is 0 Å². The molecule has 2 rings (SSSR count). The molecule has 100 valence electrons. The Hall–Kier alpha value is -1.36. The number of aromatic nitrogens is 2. The van der Waals surface area contributed by atoms with E-state index in [1.165, 1.54) is 12.8 Å². The second kappa shape index (κ2) is 5.52. The van der Waals surface area contributed by atoms with Gasteiger partial charge in [0, 0.05) is 25.1 Å². The Morgan fingerprint density at radius 2 is 2.28 bits per heavy atom. The summed E-state index contributed by atoms with van der Waals surface area (Å²) in [5, 5.41) is 0. The number of hydrogen-bond acceptors (Lipinski definition) is 5. The molecule has 0 amide bonds. The van der Waals surface area contributed by atoms with Crippen LogP contribution in [-0.4, -0.2) is 22.6 Å². The van der Waals surface area contributed by atoms with Crippen LogP contribution in [0.15, 0.2) is 6.07 Å². The molecule has 5 nitrogen and oxygen atoms in total. The Morgan fingerprint density at radius 1 is 1.50 bits per heavy atom. The lowest BCUT2D eigenvalue weighted by atomic mass is 10.0. The highest BCUT2D eigenvalue weighted by Gasteiger charge is 2.28. The fourth-order valence-electron chi connectivity index (χ4n) is 2.63. The Labute approximate surface area is 109 Å². The number of nitrogen functional groups attached to an aromatic ring is 1. The van der Waals surface area contributed by atoms with Gasteiger partial charge in [-0.2, -0.15) is 0 Å². The van der Waals surface area contributed by atoms with E-state index < -0.39 is 0 Å². The first-order valence-electron chi connectivity index (χ1n) is 6.77. The molecule has 1 aliphatic heterocycles. The van der Waals surface area contributed by atoms with E-state index in [-0.39, 0.29) is 0 Å². The van der Waals surface area contributed by atoms with Crippen LogP contribution in [0.4, 0.5) is 11.6 Å². The van der Waals surface area contributed by atoms with E-state index in [4.69, 9.17) is 5.84 Å². The predicted molar refractivity (Wildman–Crippen MR) is 74.4 cm³/mol. The van der Waals surface area contributed by atoms with Gasteiger partial charge in [0.05, 0.1) is 0 Å². The van der Waals surface area contributed by atoms with Crippen molar-refractivity contribution in [1.82, 2.24) is 9.97 Å². The van der Waals surface area contributed by atoms with E-state index in [0.717, 1.165) is 24.6 Å². The average molecular weight is 249 g/mol. The topological polar surface area (TPSA) is 67.1 Å². The maximum Gasteiger partial charge on any atom is 0.145 e. The van der Waals surface area contributed by atoms with Crippen LogP contribution >= 0.6 is 0 Å². The quantitative estimate of drug-likeness (QED) is 0.630. The summed E-state index contributed by atoms with van der Waals surface area (Å²) in [7, 11) is 0. The third kappa shape index (κ3) is 2.56. The van der Waals surface area contributed by atoms with E-state index in [1.54, 1.807) is 0 Å². The summed E-state index contributed by atoms with van der Waals surface area (Å²) in [6, 6.07) is 2.52. The molecular formula is C13H23N5. The van der Waals surface area contributed by atoms with Gasteiger partial charge in [-0.15, -0.1) is 0 Å². The predicted octanol–water partition coefficient (Wildman–Crippen LogP) is 1.95. The van der Waals surface area contributed by atoms with Crippen molar-refractivity contribution in [2.24, 2.45) is 11.8 Å². The molecular weight excluding hydrogens is 226 g/mol. The highest BCUT2D eigenvalue weighted by molar-refractivity contribution is 5.50. The van der Waals surface area contributed by atoms with Crippen LogP contribution in [0.5, 0.6) is 0 Å². The Morgan fingerprint density at radius 3 is 2.89 bits per heavy atom. The molecule has 0 bridgehead atoms. The van der Waals surface area contributed by atoms with Gasteiger partial charge in [-0.25, -0.2) is 15.8 Å². The molecule has 1 unspecified atom stereocenters. The summed E-state index contributed by atoms with van der Waals surface area (Å²) >= 11 is 0. The molecule has 0 spiro atoms. The number of hydrazine groups is 1. The van der Waals surface area contributed by atoms with Gasteiger partial charge in [-0.3, -0.25) is 0 Å². The van der Waals surface area contributed by atoms with Crippen molar-refractivity contribution in [3.8, 4) is 0 Å². The van der Waals surface area contributed by atoms with Gasteiger partial charge in [-0.05, 0) is 18.8 Å². The van der Waals surface area contributed by atoms with Crippen LogP contribution in [0.2, 0.25) is 0 Å². The highest BCUT2D eigenvalue weighted by atomic mass is 15.3. The van der Waals surface area contributed by atoms with Gasteiger partial charge in [-0.1, -0.05) is 20.8 Å². The maximum absolute atomic E-state index is 5.48. The molecule has 2 heterocycles. The summed E-state index contributed by atoms with van der Waals surface area (Å²) in [5.41, 5.74) is 2.63. The molecule has 1 aromatic heterocycles. The van der Waals surface area contributed by atoms with Crippen molar-refractivity contribution in [3.63, 3.8) is 0 Å². The smallest absolute Gasteiger partial charge is 0.145 e. The van der Waals surface area contributed by atoms with E-state index in [9.17, 15) is 0 Å². The monoisotopic (exact) mass is 249 g/mol. The molecule has 5 heteroatoms. The molecule has 1 fully saturated rings. The highest BCUT2D eigenvalue weighted by Crippen LogP contribution is 2.29. The number of rotatable bonds is 4. The molecule has 0 saturated carbocycles. The van der Waals surface area contributed by atoms with Gasteiger partial charge in [0.15, 0.2) is 0 Å². The molecule has 1 aliphatic rings. The van der Waals surface area contributed by atoms with E-state index in [0.29, 0.717) is 17.8 Å². The standard InChI is InChI=1S/C13H23N5/c1-4-11-15-12(17-14)8-13(16-11)18-7-5-6-10(18)9(2)3/h8-10H,4-7,14H2,1-3H3,(H,15,16,17). The van der Waals surface area contributed by atoms with Crippen molar-refractivity contribution in [2.75, 3.05) is 16.9 Å². The largest absolute Gasteiger partial charge is 0.353 e. The first-order chi connectivity index (χ1) is 8.65. The van der Waals surface area contributed by atoms with Crippen molar-refractivity contribution in [3.05, 3.63) is 11.9 Å². The van der Waals surface area contributed by atoms with Gasteiger partial charge in [0.1, 0.15) is 17.5 Å². The summed E-state index contributed by atoms with van der Waals surface area (Å²) in [4.78, 5) is 11.4. The van der Waals surface area contributed by atoms with E-state index in [1.807, 2.05) is 6.07 Å². The van der Waals surface area contributed by atoms with Crippen LogP contribution in [-0.2, 0) is 6.42 Å². The second-order valence-corrected chi connectivity index (χ2v) is 5.17. The third-order valence-corrected chi connectivity index (χ3v) is 3.59. The zero-order valence-electron chi connectivity index (χ0n) is 11.5. The average Bonchev–Trinajstić information content (AvgIpc) is 2.87. The van der Waals surface area contributed by atoms with Gasteiger partial charge >= 0.3 is 0 Å². The van der Waals surface area contributed by atoms with E-state index >= 15 is 0 Å². The minimum absolute atomic E-state index is 0.579. The number of nitrogens with two attached hydrogens (primary N) is 1. The van der Waals surface area contributed by atoms with Crippen LogP contribution in [0, 0.1) is 5.92 Å². The Balaban J connectivity index is 2.31. The lowest BCUT2D eigenvalue weighted by Gasteiger charge is -2.29. The summed E-state index contributed by atoms with van der Waals surface area (Å²) in [6.45, 7) is 7.68. The van der Waals surface area contributed by atoms with Gasteiger partial charge in [0.2, 0.25) is 0 Å². The molecule has 0 aliphatic carbocycles. The van der Waals surface area contributed by atoms with Gasteiger partial charge < -0.3 is 10.3 Å². The maximum atomic E-state index is 5.48. The van der Waals surface area contributed by atoms with Crippen LogP contribution in [0.1, 0.15) is 39.4 Å². The second-order valence-electron chi connectivity index (χ2n) is 5.17.